The molecule has 2 aromatic rings. The number of phenols is 1. The van der Waals surface area contributed by atoms with Crippen LogP contribution in [-0.2, 0) is 10.9 Å². The van der Waals surface area contributed by atoms with E-state index >= 15 is 0 Å². The van der Waals surface area contributed by atoms with Crippen LogP contribution in [0.3, 0.4) is 0 Å². The van der Waals surface area contributed by atoms with E-state index in [2.05, 4.69) is 33.4 Å². The van der Waals surface area contributed by atoms with Gasteiger partial charge in [0.05, 0.1) is 18.4 Å². The van der Waals surface area contributed by atoms with Crippen LogP contribution in [0.4, 0.5) is 13.2 Å². The summed E-state index contributed by atoms with van der Waals surface area (Å²) >= 11 is 0. The highest BCUT2D eigenvalue weighted by molar-refractivity contribution is 6.00. The maximum absolute atomic E-state index is 13.4. The van der Waals surface area contributed by atoms with Crippen LogP contribution >= 0.6 is 0 Å². The number of allylic oxidation sites excluding steroid dienone is 6. The van der Waals surface area contributed by atoms with Gasteiger partial charge in [-0.05, 0) is 67.5 Å². The van der Waals surface area contributed by atoms with Gasteiger partial charge in [-0.3, -0.25) is 5.43 Å². The van der Waals surface area contributed by atoms with E-state index in [-0.39, 0.29) is 5.56 Å². The lowest BCUT2D eigenvalue weighted by Gasteiger charge is -2.11. The predicted molar refractivity (Wildman–Crippen MR) is 125 cm³/mol. The highest BCUT2D eigenvalue weighted by Gasteiger charge is 2.33. The summed E-state index contributed by atoms with van der Waals surface area (Å²) in [5.41, 5.74) is 9.61. The number of halogens is 3. The summed E-state index contributed by atoms with van der Waals surface area (Å²) in [7, 11) is 1.56. The molecule has 0 aliphatic carbocycles. The molecule has 4 N–H and O–H groups in total. The third-order valence-electron chi connectivity index (χ3n) is 4.81. The highest BCUT2D eigenvalue weighted by Crippen LogP contribution is 2.34. The van der Waals surface area contributed by atoms with Gasteiger partial charge in [0, 0.05) is 16.7 Å². The highest BCUT2D eigenvalue weighted by atomic mass is 19.4. The number of phenolic OH excluding ortho intramolecular Hbond substituents is 1. The van der Waals surface area contributed by atoms with Crippen LogP contribution in [-0.4, -0.2) is 18.1 Å². The topological polar surface area (TPSA) is 77.9 Å². The molecular formula is C25H23F3N4O2. The van der Waals surface area contributed by atoms with Gasteiger partial charge in [0.25, 0.3) is 0 Å². The van der Waals surface area contributed by atoms with E-state index in [1.165, 1.54) is 6.07 Å². The number of hydrazine groups is 2. The summed E-state index contributed by atoms with van der Waals surface area (Å²) in [6.45, 7) is 3.66. The minimum Gasteiger partial charge on any atom is -0.508 e. The van der Waals surface area contributed by atoms with E-state index < -0.39 is 17.5 Å². The van der Waals surface area contributed by atoms with Gasteiger partial charge in [-0.2, -0.15) is 13.2 Å². The number of nitrogens with zero attached hydrogens (tertiary/aromatic N) is 1. The van der Waals surface area contributed by atoms with Gasteiger partial charge in [0.15, 0.2) is 5.84 Å². The van der Waals surface area contributed by atoms with E-state index in [9.17, 15) is 18.3 Å². The first kappa shape index (κ1) is 24.5. The fraction of sp³-hybridized carbons (Fsp3) is 0.160. The smallest absolute Gasteiger partial charge is 0.417 e. The summed E-state index contributed by atoms with van der Waals surface area (Å²) in [6, 6.07) is 8.32. The Morgan fingerprint density at radius 3 is 2.47 bits per heavy atom. The van der Waals surface area contributed by atoms with Crippen molar-refractivity contribution in [2.24, 2.45) is 5.10 Å². The lowest BCUT2D eigenvalue weighted by Crippen LogP contribution is -2.35. The molecule has 0 atom stereocenters. The van der Waals surface area contributed by atoms with Crippen LogP contribution in [0.2, 0.25) is 0 Å². The first-order chi connectivity index (χ1) is 16.2. The fourth-order valence-corrected chi connectivity index (χ4v) is 3.08. The van der Waals surface area contributed by atoms with Crippen molar-refractivity contribution in [1.82, 2.24) is 16.5 Å². The van der Waals surface area contributed by atoms with Gasteiger partial charge in [0.2, 0.25) is 0 Å². The zero-order valence-electron chi connectivity index (χ0n) is 18.7. The maximum Gasteiger partial charge on any atom is 0.417 e. The van der Waals surface area contributed by atoms with E-state index in [1.54, 1.807) is 32.2 Å². The first-order valence-corrected chi connectivity index (χ1v) is 10.2. The van der Waals surface area contributed by atoms with E-state index in [1.807, 2.05) is 31.2 Å². The minimum absolute atomic E-state index is 0.234. The number of methoxy groups -OCH3 is 1. The summed E-state index contributed by atoms with van der Waals surface area (Å²) in [6.07, 6.45) is 2.69. The molecule has 2 aromatic carbocycles. The van der Waals surface area contributed by atoms with E-state index in [0.717, 1.165) is 17.2 Å². The molecule has 6 nitrogen and oxygen atoms in total. The molecular weight excluding hydrogens is 445 g/mol. The third kappa shape index (κ3) is 5.99. The second-order valence-corrected chi connectivity index (χ2v) is 7.16. The van der Waals surface area contributed by atoms with Gasteiger partial charge in [-0.15, -0.1) is 10.6 Å². The Morgan fingerprint density at radius 2 is 1.82 bits per heavy atom. The molecule has 0 saturated carbocycles. The number of hydrazone groups is 1. The first-order valence-electron chi connectivity index (χ1n) is 10.2. The van der Waals surface area contributed by atoms with Crippen LogP contribution in [0.5, 0.6) is 5.75 Å². The zero-order valence-corrected chi connectivity index (χ0v) is 18.7. The van der Waals surface area contributed by atoms with Gasteiger partial charge >= 0.3 is 6.18 Å². The number of amidine groups is 1. The predicted octanol–water partition coefficient (Wildman–Crippen LogP) is 4.59. The molecule has 0 saturated heterocycles. The largest absolute Gasteiger partial charge is 0.508 e. The Labute approximate surface area is 195 Å². The lowest BCUT2D eigenvalue weighted by molar-refractivity contribution is -0.137. The molecule has 0 fully saturated rings. The number of aromatic hydroxyl groups is 1. The number of hydrogen-bond acceptors (Lipinski definition) is 6. The third-order valence-corrected chi connectivity index (χ3v) is 4.81. The van der Waals surface area contributed by atoms with Crippen LogP contribution in [0.15, 0.2) is 71.6 Å². The quantitative estimate of drug-likeness (QED) is 0.293. The van der Waals surface area contributed by atoms with E-state index in [4.69, 9.17) is 4.74 Å². The molecule has 0 bridgehead atoms. The summed E-state index contributed by atoms with van der Waals surface area (Å²) in [5.74, 6) is 6.24. The normalized spacial score (nSPS) is 14.2. The van der Waals surface area contributed by atoms with Crippen LogP contribution in [0.1, 0.15) is 41.7 Å². The van der Waals surface area contributed by atoms with Gasteiger partial charge in [-0.25, -0.2) is 5.53 Å². The Hall–Kier alpha value is -4.16. The standard InChI is InChI=1S/C25H23F3N4O2/c1-4-5-17(7-6-16(2)34-3)22-14-20(24-29-31-32-30-24)11-9-18(22)8-10-19-12-13-21(33)15-23(19)25(26,27)28/h4-7,9,11-15,31-33H,1-3H3,(H,29,30)/b5-4-,16-6+,17-7+. The average molecular weight is 468 g/mol. The number of nitrogens with one attached hydrogen (secondary N) is 3. The van der Waals surface area contributed by atoms with E-state index in [0.29, 0.717) is 28.8 Å². The van der Waals surface area contributed by atoms with Crippen LogP contribution in [0, 0.1) is 11.8 Å². The molecule has 0 amide bonds. The summed E-state index contributed by atoms with van der Waals surface area (Å²) in [4.78, 5) is 0. The molecule has 1 aliphatic rings. The van der Waals surface area contributed by atoms with Crippen molar-refractivity contribution in [3.8, 4) is 17.6 Å². The molecule has 34 heavy (non-hydrogen) atoms. The van der Waals surface area contributed by atoms with Crippen molar-refractivity contribution in [3.05, 3.63) is 94.3 Å². The van der Waals surface area contributed by atoms with Crippen molar-refractivity contribution in [1.29, 1.82) is 0 Å². The molecule has 0 aromatic heterocycles. The zero-order chi connectivity index (χ0) is 24.7. The van der Waals surface area contributed by atoms with Crippen molar-refractivity contribution < 1.29 is 23.0 Å². The van der Waals surface area contributed by atoms with Crippen molar-refractivity contribution >= 4 is 11.4 Å². The molecule has 0 unspecified atom stereocenters. The Kier molecular flexibility index (Phi) is 7.66. The number of alkyl halides is 3. The SMILES string of the molecule is C\C=C/C(=C\C=C(/C)OC)c1cc(C2=NNNN2)ccc1C#Cc1ccc(O)cc1C(F)(F)F. The van der Waals surface area contributed by atoms with Crippen molar-refractivity contribution in [3.63, 3.8) is 0 Å². The number of hydrogen-bond donors (Lipinski definition) is 4. The molecule has 1 aliphatic heterocycles. The molecule has 0 radical (unpaired) electrons. The fourth-order valence-electron chi connectivity index (χ4n) is 3.08. The monoisotopic (exact) mass is 468 g/mol. The molecule has 1 heterocycles. The Bertz CT molecular complexity index is 1250. The van der Waals surface area contributed by atoms with Crippen LogP contribution < -0.4 is 16.5 Å². The van der Waals surface area contributed by atoms with Gasteiger partial charge < -0.3 is 9.84 Å². The van der Waals surface area contributed by atoms with Gasteiger partial charge in [0.1, 0.15) is 5.75 Å². The second-order valence-electron chi connectivity index (χ2n) is 7.16. The molecule has 0 spiro atoms. The lowest BCUT2D eigenvalue weighted by atomic mass is 9.95. The summed E-state index contributed by atoms with van der Waals surface area (Å²) in [5, 5.41) is 13.6. The average Bonchev–Trinajstić information content (AvgIpc) is 3.35. The maximum atomic E-state index is 13.4. The van der Waals surface area contributed by atoms with Crippen LogP contribution in [0.25, 0.3) is 5.57 Å². The van der Waals surface area contributed by atoms with Crippen molar-refractivity contribution in [2.45, 2.75) is 20.0 Å². The van der Waals surface area contributed by atoms with Crippen molar-refractivity contribution in [2.75, 3.05) is 7.11 Å². The minimum atomic E-state index is -4.65. The number of rotatable bonds is 5. The second kappa shape index (κ2) is 10.6. The van der Waals surface area contributed by atoms with Gasteiger partial charge in [-0.1, -0.05) is 30.1 Å². The number of benzene rings is 2. The molecule has 3 rings (SSSR count). The number of ether oxygens (including phenoxy) is 1. The Morgan fingerprint density at radius 1 is 1.09 bits per heavy atom. The summed E-state index contributed by atoms with van der Waals surface area (Å²) < 4.78 is 45.6. The molecule has 9 heteroatoms. The Balaban J connectivity index is 2.18. The molecule has 176 valence electrons.